The predicted octanol–water partition coefficient (Wildman–Crippen LogP) is 6.78. The largest absolute Gasteiger partial charge is 0.289 e. The molecule has 4 aromatic rings. The highest BCUT2D eigenvalue weighted by Gasteiger charge is 2.31. The highest BCUT2D eigenvalue weighted by atomic mass is 16.1. The van der Waals surface area contributed by atoms with Crippen LogP contribution in [0.25, 0.3) is 0 Å². The third-order valence-corrected chi connectivity index (χ3v) is 7.19. The number of carbonyl (C=O) groups excluding carboxylic acids is 4. The third-order valence-electron chi connectivity index (χ3n) is 7.19. The first kappa shape index (κ1) is 25.2. The van der Waals surface area contributed by atoms with Crippen LogP contribution in [-0.2, 0) is 11.8 Å². The van der Waals surface area contributed by atoms with E-state index >= 15 is 0 Å². The maximum atomic E-state index is 12.6. The number of hydrogen-bond donors (Lipinski definition) is 0. The van der Waals surface area contributed by atoms with Crippen LogP contribution in [0.4, 0.5) is 0 Å². The molecule has 2 aliphatic carbocycles. The first-order valence-corrected chi connectivity index (χ1v) is 12.8. The summed E-state index contributed by atoms with van der Waals surface area (Å²) in [6.45, 7) is 8.32. The minimum Gasteiger partial charge on any atom is -0.289 e. The van der Waals surface area contributed by atoms with Crippen LogP contribution in [-0.4, -0.2) is 23.1 Å². The SMILES string of the molecule is CC(C)(C)c1ccc2c(c1)C(=O)c1ccccc1C2=O.CCc1ccc2c(c1)C(=O)c1ccccc1C2=O. The van der Waals surface area contributed by atoms with Gasteiger partial charge in [-0.05, 0) is 41.2 Å². The van der Waals surface area contributed by atoms with Gasteiger partial charge in [0.25, 0.3) is 0 Å². The van der Waals surface area contributed by atoms with Crippen LogP contribution in [0.2, 0.25) is 0 Å². The van der Waals surface area contributed by atoms with Crippen molar-refractivity contribution < 1.29 is 19.2 Å². The molecule has 38 heavy (non-hydrogen) atoms. The molecule has 4 aromatic carbocycles. The van der Waals surface area contributed by atoms with Crippen molar-refractivity contribution in [3.8, 4) is 0 Å². The van der Waals surface area contributed by atoms with E-state index in [1.807, 2.05) is 31.2 Å². The smallest absolute Gasteiger partial charge is 0.194 e. The van der Waals surface area contributed by atoms with E-state index in [1.165, 1.54) is 0 Å². The Hall–Kier alpha value is -4.44. The molecule has 2 aliphatic rings. The van der Waals surface area contributed by atoms with Gasteiger partial charge in [0, 0.05) is 44.5 Å². The number of carbonyl (C=O) groups is 4. The molecule has 0 aliphatic heterocycles. The van der Waals surface area contributed by atoms with Crippen LogP contribution in [0.15, 0.2) is 84.9 Å². The monoisotopic (exact) mass is 500 g/mol. The molecule has 0 bridgehead atoms. The first-order chi connectivity index (χ1) is 18.1. The average molecular weight is 501 g/mol. The van der Waals surface area contributed by atoms with Crippen molar-refractivity contribution >= 4 is 23.1 Å². The molecule has 0 saturated carbocycles. The zero-order valence-electron chi connectivity index (χ0n) is 21.9. The van der Waals surface area contributed by atoms with Crippen LogP contribution in [0.5, 0.6) is 0 Å². The third kappa shape index (κ3) is 4.22. The van der Waals surface area contributed by atoms with Gasteiger partial charge in [0.05, 0.1) is 0 Å². The molecule has 6 rings (SSSR count). The summed E-state index contributed by atoms with van der Waals surface area (Å²) in [4.78, 5) is 49.7. The molecule has 0 atom stereocenters. The van der Waals surface area contributed by atoms with Crippen LogP contribution < -0.4 is 0 Å². The quantitative estimate of drug-likeness (QED) is 0.249. The number of ketones is 4. The average Bonchev–Trinajstić information content (AvgIpc) is 2.94. The number of rotatable bonds is 1. The van der Waals surface area contributed by atoms with Gasteiger partial charge in [-0.1, -0.05) is 94.4 Å². The van der Waals surface area contributed by atoms with Crippen molar-refractivity contribution in [1.29, 1.82) is 0 Å². The number of hydrogen-bond acceptors (Lipinski definition) is 4. The van der Waals surface area contributed by atoms with Crippen molar-refractivity contribution in [2.45, 2.75) is 39.5 Å². The fraction of sp³-hybridized carbons (Fsp3) is 0.176. The summed E-state index contributed by atoms with van der Waals surface area (Å²) >= 11 is 0. The minimum atomic E-state index is -0.0596. The van der Waals surface area contributed by atoms with Crippen molar-refractivity contribution in [2.24, 2.45) is 0 Å². The molecule has 0 heterocycles. The maximum Gasteiger partial charge on any atom is 0.194 e. The first-order valence-electron chi connectivity index (χ1n) is 12.8. The Morgan fingerprint density at radius 1 is 0.474 bits per heavy atom. The molecule has 0 amide bonds. The summed E-state index contributed by atoms with van der Waals surface area (Å²) in [7, 11) is 0. The molecule has 0 unspecified atom stereocenters. The zero-order valence-corrected chi connectivity index (χ0v) is 21.9. The lowest BCUT2D eigenvalue weighted by molar-refractivity contribution is 0.0979. The van der Waals surface area contributed by atoms with E-state index in [2.05, 4.69) is 20.8 Å². The Balaban J connectivity index is 0.000000156. The molecule has 0 spiro atoms. The Labute approximate surface area is 222 Å². The van der Waals surface area contributed by atoms with Gasteiger partial charge in [0.2, 0.25) is 0 Å². The van der Waals surface area contributed by atoms with Gasteiger partial charge in [-0.25, -0.2) is 0 Å². The van der Waals surface area contributed by atoms with Crippen molar-refractivity contribution in [2.75, 3.05) is 0 Å². The van der Waals surface area contributed by atoms with Crippen LogP contribution >= 0.6 is 0 Å². The van der Waals surface area contributed by atoms with E-state index in [-0.39, 0.29) is 28.5 Å². The predicted molar refractivity (Wildman–Crippen MR) is 148 cm³/mol. The van der Waals surface area contributed by atoms with E-state index in [0.29, 0.717) is 44.5 Å². The lowest BCUT2D eigenvalue weighted by Gasteiger charge is -2.23. The topological polar surface area (TPSA) is 68.3 Å². The fourth-order valence-electron chi connectivity index (χ4n) is 4.93. The van der Waals surface area contributed by atoms with Crippen LogP contribution in [0.1, 0.15) is 103 Å². The van der Waals surface area contributed by atoms with Crippen molar-refractivity contribution in [3.63, 3.8) is 0 Å². The van der Waals surface area contributed by atoms with Gasteiger partial charge in [-0.15, -0.1) is 0 Å². The standard InChI is InChI=1S/C18H16O2.C16H12O2/c1-18(2,3)11-8-9-14-15(10-11)17(20)13-7-5-4-6-12(13)16(14)19;1-2-10-7-8-13-14(9-10)16(18)12-6-4-3-5-11(12)15(13)17/h4-10H,1-3H3;3-9H,2H2,1H3. The summed E-state index contributed by atoms with van der Waals surface area (Å²) < 4.78 is 0. The Morgan fingerprint density at radius 3 is 1.26 bits per heavy atom. The summed E-state index contributed by atoms with van der Waals surface area (Å²) in [5.74, 6) is -0.213. The number of fused-ring (bicyclic) bond motifs is 4. The van der Waals surface area contributed by atoms with E-state index in [4.69, 9.17) is 0 Å². The van der Waals surface area contributed by atoms with Gasteiger partial charge < -0.3 is 0 Å². The van der Waals surface area contributed by atoms with Crippen LogP contribution in [0, 0.1) is 0 Å². The van der Waals surface area contributed by atoms with Crippen LogP contribution in [0.3, 0.4) is 0 Å². The van der Waals surface area contributed by atoms with E-state index < -0.39 is 0 Å². The normalized spacial score (nSPS) is 13.6. The molecule has 0 saturated heterocycles. The zero-order chi connectivity index (χ0) is 27.2. The molecule has 4 nitrogen and oxygen atoms in total. The molecule has 4 heteroatoms. The number of benzene rings is 4. The highest BCUT2D eigenvalue weighted by molar-refractivity contribution is 6.29. The maximum absolute atomic E-state index is 12.6. The lowest BCUT2D eigenvalue weighted by atomic mass is 9.79. The summed E-state index contributed by atoms with van der Waals surface area (Å²) in [6, 6.07) is 25.2. The Bertz CT molecular complexity index is 1650. The molecule has 0 aromatic heterocycles. The van der Waals surface area contributed by atoms with Gasteiger partial charge in [0.1, 0.15) is 0 Å². The van der Waals surface area contributed by atoms with E-state index in [0.717, 1.165) is 17.5 Å². The van der Waals surface area contributed by atoms with E-state index in [1.54, 1.807) is 60.7 Å². The fourth-order valence-corrected chi connectivity index (χ4v) is 4.93. The summed E-state index contributed by atoms with van der Waals surface area (Å²) in [5, 5.41) is 0. The lowest BCUT2D eigenvalue weighted by Crippen LogP contribution is -2.22. The molecular weight excluding hydrogens is 472 g/mol. The molecule has 0 radical (unpaired) electrons. The second kappa shape index (κ2) is 9.46. The van der Waals surface area contributed by atoms with Gasteiger partial charge in [-0.2, -0.15) is 0 Å². The summed E-state index contributed by atoms with van der Waals surface area (Å²) in [6.07, 6.45) is 0.858. The van der Waals surface area contributed by atoms with Gasteiger partial charge >= 0.3 is 0 Å². The van der Waals surface area contributed by atoms with Gasteiger partial charge in [-0.3, -0.25) is 19.2 Å². The molecule has 0 fully saturated rings. The second-order valence-corrected chi connectivity index (χ2v) is 10.7. The molecular formula is C34H28O4. The molecule has 188 valence electrons. The van der Waals surface area contributed by atoms with E-state index in [9.17, 15) is 19.2 Å². The van der Waals surface area contributed by atoms with Gasteiger partial charge in [0.15, 0.2) is 23.1 Å². The summed E-state index contributed by atoms with van der Waals surface area (Å²) in [5.41, 5.74) is 6.25. The molecule has 0 N–H and O–H groups in total. The van der Waals surface area contributed by atoms with Crippen molar-refractivity contribution in [1.82, 2.24) is 0 Å². The Morgan fingerprint density at radius 2 is 0.842 bits per heavy atom. The minimum absolute atomic E-state index is 0.0458. The number of aryl methyl sites for hydroxylation is 1. The van der Waals surface area contributed by atoms with Crippen molar-refractivity contribution in [3.05, 3.63) is 141 Å². The highest BCUT2D eigenvalue weighted by Crippen LogP contribution is 2.31. The second-order valence-electron chi connectivity index (χ2n) is 10.7. The Kier molecular flexibility index (Phi) is 6.28.